The van der Waals surface area contributed by atoms with Crippen LogP contribution in [-0.4, -0.2) is 26.0 Å². The summed E-state index contributed by atoms with van der Waals surface area (Å²) in [6.07, 6.45) is 3.43. The highest BCUT2D eigenvalue weighted by atomic mass is 35.5. The lowest BCUT2D eigenvalue weighted by molar-refractivity contribution is 0.0979. The minimum Gasteiger partial charge on any atom is -0.332 e. The summed E-state index contributed by atoms with van der Waals surface area (Å²) < 4.78 is 0. The van der Waals surface area contributed by atoms with Crippen LogP contribution in [0.15, 0.2) is 78.9 Å². The molecule has 36 heavy (non-hydrogen) atoms. The van der Waals surface area contributed by atoms with Crippen LogP contribution >= 0.6 is 23.8 Å². The van der Waals surface area contributed by atoms with E-state index in [2.05, 4.69) is 39.9 Å². The summed E-state index contributed by atoms with van der Waals surface area (Å²) in [6.45, 7) is 2.19. The summed E-state index contributed by atoms with van der Waals surface area (Å²) in [7, 11) is 0. The van der Waals surface area contributed by atoms with E-state index in [9.17, 15) is 4.79 Å². The number of amides is 1. The largest absolute Gasteiger partial charge is 0.332 e. The summed E-state index contributed by atoms with van der Waals surface area (Å²) in [5.74, 6) is -0.310. The summed E-state index contributed by atoms with van der Waals surface area (Å²) >= 11 is 11.7. The molecule has 5 rings (SSSR count). The van der Waals surface area contributed by atoms with E-state index in [1.165, 1.54) is 18.4 Å². The van der Waals surface area contributed by atoms with Gasteiger partial charge >= 0.3 is 0 Å². The van der Waals surface area contributed by atoms with Crippen LogP contribution in [-0.2, 0) is 6.42 Å². The summed E-state index contributed by atoms with van der Waals surface area (Å²) in [4.78, 5) is 14.5. The predicted octanol–water partition coefficient (Wildman–Crippen LogP) is 6.70. The first-order valence-electron chi connectivity index (χ1n) is 11.8. The van der Waals surface area contributed by atoms with E-state index in [1.807, 2.05) is 48.5 Å². The van der Waals surface area contributed by atoms with Gasteiger partial charge in [0, 0.05) is 21.7 Å². The fraction of sp³-hybridized carbons (Fsp3) is 0.143. The van der Waals surface area contributed by atoms with Gasteiger partial charge in [-0.1, -0.05) is 61.3 Å². The van der Waals surface area contributed by atoms with E-state index >= 15 is 0 Å². The van der Waals surface area contributed by atoms with Gasteiger partial charge in [0.1, 0.15) is 11.0 Å². The fourth-order valence-electron chi connectivity index (χ4n) is 4.09. The molecule has 8 heteroatoms. The van der Waals surface area contributed by atoms with Crippen molar-refractivity contribution in [1.82, 2.24) is 20.3 Å². The van der Waals surface area contributed by atoms with Gasteiger partial charge in [-0.15, -0.1) is 10.2 Å². The van der Waals surface area contributed by atoms with Gasteiger partial charge in [-0.3, -0.25) is 10.1 Å². The van der Waals surface area contributed by atoms with Crippen LogP contribution < -0.4 is 10.6 Å². The Morgan fingerprint density at radius 3 is 2.50 bits per heavy atom. The average molecular weight is 514 g/mol. The van der Waals surface area contributed by atoms with Gasteiger partial charge < -0.3 is 5.32 Å². The van der Waals surface area contributed by atoms with Crippen LogP contribution in [0.25, 0.3) is 27.5 Å². The van der Waals surface area contributed by atoms with Crippen molar-refractivity contribution in [1.29, 1.82) is 0 Å². The lowest BCUT2D eigenvalue weighted by Crippen LogP contribution is -2.34. The monoisotopic (exact) mass is 513 g/mol. The topological polar surface area (TPSA) is 71.8 Å². The zero-order chi connectivity index (χ0) is 25.1. The van der Waals surface area contributed by atoms with Crippen molar-refractivity contribution < 1.29 is 4.79 Å². The Bertz CT molecular complexity index is 1580. The van der Waals surface area contributed by atoms with Crippen molar-refractivity contribution >= 4 is 62.3 Å². The van der Waals surface area contributed by atoms with Gasteiger partial charge in [-0.05, 0) is 78.5 Å². The lowest BCUT2D eigenvalue weighted by atomic mass is 10.0. The molecule has 180 valence electrons. The first kappa shape index (κ1) is 23.9. The molecule has 0 aliphatic heterocycles. The minimum absolute atomic E-state index is 0.188. The lowest BCUT2D eigenvalue weighted by Gasteiger charge is -2.11. The standard InChI is InChI=1S/C28H24ClN5OS/c1-2-3-6-18-11-14-20(15-12-18)34-32-25-16-13-19(17-26(25)33-34)30-28(36)31-27(35)23-9-4-8-22-21(23)7-5-10-24(22)29/h4-5,7-17H,2-3,6H2,1H3,(H2,30,31,35,36). The van der Waals surface area contributed by atoms with Crippen LogP contribution in [0.2, 0.25) is 5.02 Å². The number of benzene rings is 4. The van der Waals surface area contributed by atoms with Gasteiger partial charge in [0.25, 0.3) is 5.91 Å². The van der Waals surface area contributed by atoms with Crippen molar-refractivity contribution in [3.05, 3.63) is 95.0 Å². The summed E-state index contributed by atoms with van der Waals surface area (Å²) in [5, 5.41) is 17.4. The van der Waals surface area contributed by atoms with Gasteiger partial charge in [0.05, 0.1) is 5.69 Å². The summed E-state index contributed by atoms with van der Waals surface area (Å²) in [6, 6.07) is 24.8. The molecule has 0 spiro atoms. The van der Waals surface area contributed by atoms with E-state index in [-0.39, 0.29) is 11.0 Å². The van der Waals surface area contributed by atoms with Crippen molar-refractivity contribution in [2.24, 2.45) is 0 Å². The highest BCUT2D eigenvalue weighted by Gasteiger charge is 2.13. The number of hydrogen-bond acceptors (Lipinski definition) is 4. The molecule has 1 aromatic heterocycles. The predicted molar refractivity (Wildman–Crippen MR) is 150 cm³/mol. The highest BCUT2D eigenvalue weighted by molar-refractivity contribution is 7.80. The molecule has 4 aromatic carbocycles. The molecule has 0 aliphatic carbocycles. The van der Waals surface area contributed by atoms with Crippen molar-refractivity contribution in [2.45, 2.75) is 26.2 Å². The third-order valence-electron chi connectivity index (χ3n) is 5.97. The molecular formula is C28H24ClN5OS. The van der Waals surface area contributed by atoms with Crippen LogP contribution in [0.3, 0.4) is 0 Å². The molecule has 0 bridgehead atoms. The number of halogens is 1. The Morgan fingerprint density at radius 2 is 1.69 bits per heavy atom. The number of nitrogens with zero attached hydrogens (tertiary/aromatic N) is 3. The normalized spacial score (nSPS) is 11.1. The van der Waals surface area contributed by atoms with E-state index in [1.54, 1.807) is 23.0 Å². The highest BCUT2D eigenvalue weighted by Crippen LogP contribution is 2.26. The molecular weight excluding hydrogens is 490 g/mol. The molecule has 0 unspecified atom stereocenters. The van der Waals surface area contributed by atoms with Crippen LogP contribution in [0.1, 0.15) is 35.7 Å². The quantitative estimate of drug-likeness (QED) is 0.247. The molecule has 0 saturated carbocycles. The van der Waals surface area contributed by atoms with Crippen LogP contribution in [0, 0.1) is 0 Å². The molecule has 1 amide bonds. The van der Waals surface area contributed by atoms with Gasteiger partial charge in [-0.25, -0.2) is 0 Å². The number of anilines is 1. The second-order valence-electron chi connectivity index (χ2n) is 8.51. The second-order valence-corrected chi connectivity index (χ2v) is 9.33. The number of rotatable bonds is 6. The number of aryl methyl sites for hydroxylation is 1. The van der Waals surface area contributed by atoms with Crippen molar-refractivity contribution in [3.63, 3.8) is 0 Å². The number of carbonyl (C=O) groups excluding carboxylic acids is 1. The second kappa shape index (κ2) is 10.4. The first-order chi connectivity index (χ1) is 17.5. The number of carbonyl (C=O) groups is 1. The number of unbranched alkanes of at least 4 members (excludes halogenated alkanes) is 1. The number of thiocarbonyl (C=S) groups is 1. The molecule has 5 aromatic rings. The first-order valence-corrected chi connectivity index (χ1v) is 12.6. The minimum atomic E-state index is -0.310. The molecule has 0 saturated heterocycles. The Kier molecular flexibility index (Phi) is 6.93. The van der Waals surface area contributed by atoms with Crippen LogP contribution in [0.5, 0.6) is 0 Å². The number of fused-ring (bicyclic) bond motifs is 2. The third-order valence-corrected chi connectivity index (χ3v) is 6.50. The third kappa shape index (κ3) is 5.08. The van der Waals surface area contributed by atoms with Gasteiger partial charge in [0.15, 0.2) is 5.11 Å². The van der Waals surface area contributed by atoms with Crippen molar-refractivity contribution in [3.8, 4) is 5.69 Å². The fourth-order valence-corrected chi connectivity index (χ4v) is 4.54. The smallest absolute Gasteiger partial charge is 0.258 e. The summed E-state index contributed by atoms with van der Waals surface area (Å²) in [5.41, 5.74) is 4.89. The molecule has 0 atom stereocenters. The Balaban J connectivity index is 1.29. The Labute approximate surface area is 219 Å². The van der Waals surface area contributed by atoms with Gasteiger partial charge in [0.2, 0.25) is 0 Å². The zero-order valence-corrected chi connectivity index (χ0v) is 21.2. The Morgan fingerprint density at radius 1 is 0.944 bits per heavy atom. The molecule has 2 N–H and O–H groups in total. The van der Waals surface area contributed by atoms with E-state index < -0.39 is 0 Å². The molecule has 0 aliphatic rings. The van der Waals surface area contributed by atoms with Crippen molar-refractivity contribution in [2.75, 3.05) is 5.32 Å². The average Bonchev–Trinajstić information content (AvgIpc) is 3.31. The van der Waals surface area contributed by atoms with E-state index in [4.69, 9.17) is 23.8 Å². The maximum Gasteiger partial charge on any atom is 0.258 e. The zero-order valence-electron chi connectivity index (χ0n) is 19.7. The van der Waals surface area contributed by atoms with Gasteiger partial charge in [-0.2, -0.15) is 4.80 Å². The molecule has 1 heterocycles. The number of hydrogen-bond donors (Lipinski definition) is 2. The maximum absolute atomic E-state index is 12.9. The van der Waals surface area contributed by atoms with E-state index in [0.717, 1.165) is 28.4 Å². The number of nitrogens with one attached hydrogen (secondary N) is 2. The maximum atomic E-state index is 12.9. The Hall–Kier alpha value is -3.81. The molecule has 0 radical (unpaired) electrons. The van der Waals surface area contributed by atoms with E-state index in [0.29, 0.717) is 21.8 Å². The SMILES string of the molecule is CCCCc1ccc(-n2nc3ccc(NC(=S)NC(=O)c4cccc5c(Cl)cccc45)cc3n2)cc1. The molecule has 0 fully saturated rings. The van der Waals surface area contributed by atoms with Crippen LogP contribution in [0.4, 0.5) is 5.69 Å². The number of aromatic nitrogens is 3. The molecule has 6 nitrogen and oxygen atoms in total.